The van der Waals surface area contributed by atoms with E-state index in [0.29, 0.717) is 0 Å². The Morgan fingerprint density at radius 2 is 2.12 bits per heavy atom. The van der Waals surface area contributed by atoms with Crippen LogP contribution >= 0.6 is 0 Å². The summed E-state index contributed by atoms with van der Waals surface area (Å²) in [6, 6.07) is 0. The monoisotopic (exact) mass is 234 g/mol. The van der Waals surface area contributed by atoms with Crippen molar-refractivity contribution < 1.29 is 4.74 Å². The standard InChI is InChI=1S/C14H22N2O/c1-6-11-10-8-14(3,4)9-12(17-5)13(10)16(7-2)15-11/h9H,6-8H2,1-5H3. The van der Waals surface area contributed by atoms with Crippen molar-refractivity contribution in [1.82, 2.24) is 9.78 Å². The fourth-order valence-electron chi connectivity index (χ4n) is 2.61. The van der Waals surface area contributed by atoms with Crippen molar-refractivity contribution in [2.45, 2.75) is 47.1 Å². The molecule has 1 heterocycles. The zero-order valence-corrected chi connectivity index (χ0v) is 11.5. The molecule has 0 spiro atoms. The summed E-state index contributed by atoms with van der Waals surface area (Å²) in [5, 5.41) is 4.69. The number of hydrogen-bond donors (Lipinski definition) is 0. The van der Waals surface area contributed by atoms with Gasteiger partial charge in [0.25, 0.3) is 0 Å². The summed E-state index contributed by atoms with van der Waals surface area (Å²) in [7, 11) is 1.75. The Morgan fingerprint density at radius 1 is 1.41 bits per heavy atom. The van der Waals surface area contributed by atoms with Gasteiger partial charge in [0.05, 0.1) is 12.8 Å². The van der Waals surface area contributed by atoms with Crippen molar-refractivity contribution in [3.8, 4) is 0 Å². The second-order valence-electron chi connectivity index (χ2n) is 5.32. The van der Waals surface area contributed by atoms with Crippen molar-refractivity contribution in [2.75, 3.05) is 7.11 Å². The van der Waals surface area contributed by atoms with Gasteiger partial charge in [-0.15, -0.1) is 0 Å². The number of aromatic nitrogens is 2. The second-order valence-corrected chi connectivity index (χ2v) is 5.32. The van der Waals surface area contributed by atoms with E-state index in [0.717, 1.165) is 25.1 Å². The summed E-state index contributed by atoms with van der Waals surface area (Å²) < 4.78 is 7.62. The fourth-order valence-corrected chi connectivity index (χ4v) is 2.61. The maximum atomic E-state index is 5.55. The highest BCUT2D eigenvalue weighted by molar-refractivity contribution is 5.64. The van der Waals surface area contributed by atoms with Crippen molar-refractivity contribution in [3.05, 3.63) is 23.0 Å². The summed E-state index contributed by atoms with van der Waals surface area (Å²) in [6.45, 7) is 9.68. The Morgan fingerprint density at radius 3 is 2.65 bits per heavy atom. The van der Waals surface area contributed by atoms with Gasteiger partial charge in [-0.05, 0) is 31.3 Å². The van der Waals surface area contributed by atoms with E-state index in [1.165, 1.54) is 17.0 Å². The predicted octanol–water partition coefficient (Wildman–Crippen LogP) is 3.04. The first-order valence-corrected chi connectivity index (χ1v) is 6.38. The molecule has 0 atom stereocenters. The van der Waals surface area contributed by atoms with Crippen molar-refractivity contribution in [3.63, 3.8) is 0 Å². The molecule has 0 amide bonds. The average molecular weight is 234 g/mol. The number of fused-ring (bicyclic) bond motifs is 1. The lowest BCUT2D eigenvalue weighted by molar-refractivity contribution is 0.344. The summed E-state index contributed by atoms with van der Waals surface area (Å²) in [4.78, 5) is 0. The Kier molecular flexibility index (Phi) is 3.02. The van der Waals surface area contributed by atoms with E-state index in [1.807, 2.05) is 0 Å². The van der Waals surface area contributed by atoms with Crippen LogP contribution in [0.1, 0.15) is 44.6 Å². The van der Waals surface area contributed by atoms with E-state index in [4.69, 9.17) is 4.74 Å². The highest BCUT2D eigenvalue weighted by Gasteiger charge is 2.31. The summed E-state index contributed by atoms with van der Waals surface area (Å²) in [6.07, 6.45) is 4.27. The molecule has 3 nitrogen and oxygen atoms in total. The Bertz CT molecular complexity index is 455. The van der Waals surface area contributed by atoms with Gasteiger partial charge in [0.1, 0.15) is 11.5 Å². The molecular weight excluding hydrogens is 212 g/mol. The summed E-state index contributed by atoms with van der Waals surface area (Å²) in [5.74, 6) is 0.977. The van der Waals surface area contributed by atoms with Crippen LogP contribution < -0.4 is 0 Å². The molecule has 1 aromatic rings. The van der Waals surface area contributed by atoms with E-state index in [1.54, 1.807) is 7.11 Å². The molecule has 17 heavy (non-hydrogen) atoms. The zero-order chi connectivity index (χ0) is 12.6. The van der Waals surface area contributed by atoms with Gasteiger partial charge in [-0.2, -0.15) is 5.10 Å². The SMILES string of the molecule is CCc1nn(CC)c2c1CC(C)(C)C=C2OC. The molecule has 0 N–H and O–H groups in total. The first-order chi connectivity index (χ1) is 8.02. The molecule has 0 unspecified atom stereocenters. The Hall–Kier alpha value is -1.25. The van der Waals surface area contributed by atoms with Gasteiger partial charge in [-0.1, -0.05) is 20.8 Å². The molecule has 94 valence electrons. The number of rotatable bonds is 3. The highest BCUT2D eigenvalue weighted by Crippen LogP contribution is 2.38. The molecular formula is C14H22N2O. The van der Waals surface area contributed by atoms with Crippen LogP contribution in [0.5, 0.6) is 0 Å². The molecule has 0 fully saturated rings. The number of allylic oxidation sites excluding steroid dienone is 1. The molecule has 1 aliphatic carbocycles. The quantitative estimate of drug-likeness (QED) is 0.803. The topological polar surface area (TPSA) is 27.1 Å². The maximum Gasteiger partial charge on any atom is 0.141 e. The predicted molar refractivity (Wildman–Crippen MR) is 69.8 cm³/mol. The van der Waals surface area contributed by atoms with Gasteiger partial charge in [-0.3, -0.25) is 4.68 Å². The van der Waals surface area contributed by atoms with Crippen LogP contribution in [0.25, 0.3) is 5.76 Å². The third-order valence-electron chi connectivity index (χ3n) is 3.38. The van der Waals surface area contributed by atoms with Crippen LogP contribution in [0.2, 0.25) is 0 Å². The zero-order valence-electron chi connectivity index (χ0n) is 11.5. The smallest absolute Gasteiger partial charge is 0.141 e. The molecule has 0 saturated heterocycles. The van der Waals surface area contributed by atoms with Gasteiger partial charge >= 0.3 is 0 Å². The van der Waals surface area contributed by atoms with Crippen molar-refractivity contribution in [2.24, 2.45) is 5.41 Å². The number of methoxy groups -OCH3 is 1. The van der Waals surface area contributed by atoms with Crippen LogP contribution in [0.3, 0.4) is 0 Å². The normalized spacial score (nSPS) is 17.6. The molecule has 3 heteroatoms. The number of hydrogen-bond acceptors (Lipinski definition) is 2. The van der Waals surface area contributed by atoms with Crippen LogP contribution in [0.4, 0.5) is 0 Å². The molecule has 0 aliphatic heterocycles. The van der Waals surface area contributed by atoms with Crippen LogP contribution in [-0.2, 0) is 24.1 Å². The molecule has 1 aliphatic rings. The molecule has 0 radical (unpaired) electrons. The van der Waals surface area contributed by atoms with Crippen molar-refractivity contribution >= 4 is 5.76 Å². The lowest BCUT2D eigenvalue weighted by atomic mass is 9.80. The molecule has 1 aromatic heterocycles. The summed E-state index contributed by atoms with van der Waals surface area (Å²) in [5.41, 5.74) is 3.94. The molecule has 0 bridgehead atoms. The van der Waals surface area contributed by atoms with Crippen molar-refractivity contribution in [1.29, 1.82) is 0 Å². The Labute approximate surface area is 103 Å². The van der Waals surface area contributed by atoms with E-state index >= 15 is 0 Å². The molecule has 2 rings (SSSR count). The molecule has 0 saturated carbocycles. The minimum Gasteiger partial charge on any atom is -0.495 e. The maximum absolute atomic E-state index is 5.55. The van der Waals surface area contributed by atoms with Gasteiger partial charge < -0.3 is 4.74 Å². The van der Waals surface area contributed by atoms with Crippen LogP contribution in [-0.4, -0.2) is 16.9 Å². The minimum atomic E-state index is 0.157. The molecule has 0 aromatic carbocycles. The first kappa shape index (κ1) is 12.2. The fraction of sp³-hybridized carbons (Fsp3) is 0.643. The Balaban J connectivity index is 2.62. The average Bonchev–Trinajstić information content (AvgIpc) is 2.64. The number of nitrogens with zero attached hydrogens (tertiary/aromatic N) is 2. The van der Waals surface area contributed by atoms with Crippen LogP contribution in [0.15, 0.2) is 6.08 Å². The minimum absolute atomic E-state index is 0.157. The van der Waals surface area contributed by atoms with E-state index in [9.17, 15) is 0 Å². The largest absolute Gasteiger partial charge is 0.495 e. The van der Waals surface area contributed by atoms with Gasteiger partial charge in [0.15, 0.2) is 0 Å². The number of ether oxygens (including phenoxy) is 1. The summed E-state index contributed by atoms with van der Waals surface area (Å²) >= 11 is 0. The first-order valence-electron chi connectivity index (χ1n) is 6.38. The van der Waals surface area contributed by atoms with E-state index in [2.05, 4.69) is 43.6 Å². The van der Waals surface area contributed by atoms with E-state index < -0.39 is 0 Å². The second kappa shape index (κ2) is 4.21. The third kappa shape index (κ3) is 1.99. The number of aryl methyl sites for hydroxylation is 2. The van der Waals surface area contributed by atoms with Gasteiger partial charge in [-0.25, -0.2) is 0 Å². The van der Waals surface area contributed by atoms with E-state index in [-0.39, 0.29) is 5.41 Å². The van der Waals surface area contributed by atoms with Crippen LogP contribution in [0, 0.1) is 5.41 Å². The van der Waals surface area contributed by atoms with Gasteiger partial charge in [0, 0.05) is 12.1 Å². The lowest BCUT2D eigenvalue weighted by Gasteiger charge is -2.27. The lowest BCUT2D eigenvalue weighted by Crippen LogP contribution is -2.20. The third-order valence-corrected chi connectivity index (χ3v) is 3.38. The highest BCUT2D eigenvalue weighted by atomic mass is 16.5. The van der Waals surface area contributed by atoms with Gasteiger partial charge in [0.2, 0.25) is 0 Å².